The van der Waals surface area contributed by atoms with Crippen LogP contribution in [-0.2, 0) is 14.3 Å². The first-order valence-corrected chi connectivity index (χ1v) is 11.1. The number of hydrogen-bond acceptors (Lipinski definition) is 7. The Hall–Kier alpha value is -3.01. The molecule has 0 bridgehead atoms. The van der Waals surface area contributed by atoms with Gasteiger partial charge in [-0.05, 0) is 45.7 Å². The zero-order valence-electron chi connectivity index (χ0n) is 18.3. The summed E-state index contributed by atoms with van der Waals surface area (Å²) in [7, 11) is 0. The van der Waals surface area contributed by atoms with Gasteiger partial charge >= 0.3 is 5.97 Å². The standard InChI is InChI=1S/C21H27N5O3.CH2O2/c1-15-10-18-22-12-16(13-26(18)23-15)19(27)25-8-4-21(5-9-25)11-17(29-20(21)28)14-24-6-2-3-7-24;2-1-3/h10,12-13,17H,2-9,11,14H2,1H3;1H,(H,2,3). The molecule has 32 heavy (non-hydrogen) atoms. The third-order valence-corrected chi connectivity index (χ3v) is 6.68. The van der Waals surface area contributed by atoms with Crippen molar-refractivity contribution in [3.05, 3.63) is 29.7 Å². The van der Waals surface area contributed by atoms with Gasteiger partial charge in [-0.2, -0.15) is 5.10 Å². The Morgan fingerprint density at radius 3 is 2.66 bits per heavy atom. The number of piperidine rings is 1. The number of aryl methyl sites for hydroxylation is 1. The number of nitrogens with zero attached hydrogens (tertiary/aromatic N) is 5. The van der Waals surface area contributed by atoms with E-state index in [4.69, 9.17) is 14.6 Å². The fourth-order valence-electron chi connectivity index (χ4n) is 5.03. The number of carbonyl (C=O) groups is 3. The topological polar surface area (TPSA) is 117 Å². The molecule has 3 saturated heterocycles. The van der Waals surface area contributed by atoms with Crippen molar-refractivity contribution in [1.29, 1.82) is 0 Å². The molecule has 3 fully saturated rings. The minimum Gasteiger partial charge on any atom is -0.483 e. The second kappa shape index (κ2) is 9.23. The molecule has 1 spiro atoms. The minimum atomic E-state index is -0.414. The molecule has 1 N–H and O–H groups in total. The summed E-state index contributed by atoms with van der Waals surface area (Å²) in [5, 5.41) is 11.2. The van der Waals surface area contributed by atoms with Crippen LogP contribution in [0.3, 0.4) is 0 Å². The number of fused-ring (bicyclic) bond motifs is 1. The molecule has 172 valence electrons. The number of likely N-dealkylation sites (tertiary alicyclic amines) is 2. The van der Waals surface area contributed by atoms with Crippen molar-refractivity contribution >= 4 is 24.0 Å². The van der Waals surface area contributed by atoms with Crippen LogP contribution in [0.1, 0.15) is 48.2 Å². The SMILES string of the molecule is Cc1cc2ncc(C(=O)N3CCC4(CC3)CC(CN3CCCC3)OC4=O)cn2n1.O=CO. The van der Waals surface area contributed by atoms with Crippen molar-refractivity contribution in [3.8, 4) is 0 Å². The highest BCUT2D eigenvalue weighted by Gasteiger charge is 2.51. The molecule has 5 heterocycles. The molecule has 1 amide bonds. The average molecular weight is 444 g/mol. The van der Waals surface area contributed by atoms with Crippen LogP contribution in [0.25, 0.3) is 5.65 Å². The number of carbonyl (C=O) groups excluding carboxylic acids is 2. The Morgan fingerprint density at radius 1 is 1.28 bits per heavy atom. The number of esters is 1. The average Bonchev–Trinajstić information content (AvgIpc) is 3.48. The first kappa shape index (κ1) is 22.2. The molecule has 3 aliphatic rings. The molecule has 0 radical (unpaired) electrons. The van der Waals surface area contributed by atoms with Crippen molar-refractivity contribution in [2.45, 2.75) is 45.1 Å². The van der Waals surface area contributed by atoms with Crippen molar-refractivity contribution in [3.63, 3.8) is 0 Å². The summed E-state index contributed by atoms with van der Waals surface area (Å²) in [6.45, 7) is 5.86. The zero-order valence-corrected chi connectivity index (χ0v) is 18.3. The first-order chi connectivity index (χ1) is 15.4. The normalized spacial score (nSPS) is 22.6. The summed E-state index contributed by atoms with van der Waals surface area (Å²) in [5.74, 6) is -0.119. The lowest BCUT2D eigenvalue weighted by Gasteiger charge is -2.36. The zero-order chi connectivity index (χ0) is 22.7. The molecule has 0 aromatic carbocycles. The molecule has 0 saturated carbocycles. The largest absolute Gasteiger partial charge is 0.483 e. The molecule has 1 unspecified atom stereocenters. The number of ether oxygens (including phenoxy) is 1. The van der Waals surface area contributed by atoms with Gasteiger partial charge in [0.25, 0.3) is 12.4 Å². The summed E-state index contributed by atoms with van der Waals surface area (Å²) in [6, 6.07) is 1.88. The first-order valence-electron chi connectivity index (χ1n) is 11.1. The van der Waals surface area contributed by atoms with Crippen LogP contribution in [0.5, 0.6) is 0 Å². The van der Waals surface area contributed by atoms with Gasteiger partial charge in [0.2, 0.25) is 0 Å². The van der Waals surface area contributed by atoms with E-state index in [1.165, 1.54) is 12.8 Å². The van der Waals surface area contributed by atoms with E-state index >= 15 is 0 Å². The number of cyclic esters (lactones) is 1. The number of rotatable bonds is 3. The molecule has 10 nitrogen and oxygen atoms in total. The summed E-state index contributed by atoms with van der Waals surface area (Å²) in [5.41, 5.74) is 1.71. The summed E-state index contributed by atoms with van der Waals surface area (Å²) < 4.78 is 7.39. The van der Waals surface area contributed by atoms with Gasteiger partial charge in [-0.3, -0.25) is 19.3 Å². The fraction of sp³-hybridized carbons (Fsp3) is 0.591. The van der Waals surface area contributed by atoms with E-state index in [1.807, 2.05) is 17.9 Å². The predicted octanol–water partition coefficient (Wildman–Crippen LogP) is 1.37. The molecular formula is C22H29N5O5. The predicted molar refractivity (Wildman–Crippen MR) is 114 cm³/mol. The van der Waals surface area contributed by atoms with Gasteiger partial charge in [-0.1, -0.05) is 0 Å². The monoisotopic (exact) mass is 443 g/mol. The third kappa shape index (κ3) is 4.45. The van der Waals surface area contributed by atoms with Crippen LogP contribution in [0.15, 0.2) is 18.5 Å². The molecule has 3 aliphatic heterocycles. The highest BCUT2D eigenvalue weighted by molar-refractivity contribution is 5.94. The minimum absolute atomic E-state index is 0.00230. The van der Waals surface area contributed by atoms with Crippen LogP contribution in [0.4, 0.5) is 0 Å². The van der Waals surface area contributed by atoms with Gasteiger partial charge in [-0.15, -0.1) is 0 Å². The fourth-order valence-corrected chi connectivity index (χ4v) is 5.03. The lowest BCUT2D eigenvalue weighted by atomic mass is 9.76. The lowest BCUT2D eigenvalue weighted by molar-refractivity contribution is -0.151. The Balaban J connectivity index is 0.000000775. The van der Waals surface area contributed by atoms with Crippen LogP contribution >= 0.6 is 0 Å². The van der Waals surface area contributed by atoms with Crippen LogP contribution in [0.2, 0.25) is 0 Å². The molecule has 2 aromatic rings. The van der Waals surface area contributed by atoms with E-state index in [9.17, 15) is 9.59 Å². The highest BCUT2D eigenvalue weighted by atomic mass is 16.6. The molecule has 1 atom stereocenters. The lowest BCUT2D eigenvalue weighted by Crippen LogP contribution is -2.45. The Kier molecular flexibility index (Phi) is 6.40. The second-order valence-corrected chi connectivity index (χ2v) is 8.85. The molecule has 5 rings (SSSR count). The van der Waals surface area contributed by atoms with Crippen molar-refractivity contribution in [2.24, 2.45) is 5.41 Å². The second-order valence-electron chi connectivity index (χ2n) is 8.85. The van der Waals surface area contributed by atoms with Crippen LogP contribution in [0, 0.1) is 12.3 Å². The van der Waals surface area contributed by atoms with Crippen molar-refractivity contribution in [1.82, 2.24) is 24.4 Å². The van der Waals surface area contributed by atoms with Gasteiger partial charge < -0.3 is 14.7 Å². The Labute approximate surface area is 186 Å². The van der Waals surface area contributed by atoms with Gasteiger partial charge in [0.15, 0.2) is 5.65 Å². The van der Waals surface area contributed by atoms with Gasteiger partial charge in [0, 0.05) is 44.5 Å². The maximum Gasteiger partial charge on any atom is 0.312 e. The smallest absolute Gasteiger partial charge is 0.312 e. The Morgan fingerprint density at radius 2 is 1.97 bits per heavy atom. The summed E-state index contributed by atoms with van der Waals surface area (Å²) >= 11 is 0. The molecule has 2 aromatic heterocycles. The van der Waals surface area contributed by atoms with Gasteiger partial charge in [0.05, 0.1) is 16.7 Å². The van der Waals surface area contributed by atoms with E-state index < -0.39 is 5.41 Å². The van der Waals surface area contributed by atoms with E-state index in [0.717, 1.165) is 37.4 Å². The van der Waals surface area contributed by atoms with Crippen molar-refractivity contribution < 1.29 is 24.2 Å². The maximum absolute atomic E-state index is 13.0. The molecule has 10 heteroatoms. The highest BCUT2D eigenvalue weighted by Crippen LogP contribution is 2.43. The third-order valence-electron chi connectivity index (χ3n) is 6.68. The maximum atomic E-state index is 13.0. The quantitative estimate of drug-likeness (QED) is 0.558. The summed E-state index contributed by atoms with van der Waals surface area (Å²) in [4.78, 5) is 42.5. The van der Waals surface area contributed by atoms with Gasteiger partial charge in [-0.25, -0.2) is 9.50 Å². The Bertz CT molecular complexity index is 992. The van der Waals surface area contributed by atoms with Crippen LogP contribution in [-0.4, -0.2) is 86.7 Å². The summed E-state index contributed by atoms with van der Waals surface area (Å²) in [6.07, 6.45) is 7.94. The molecular weight excluding hydrogens is 414 g/mol. The van der Waals surface area contributed by atoms with E-state index in [0.29, 0.717) is 31.5 Å². The van der Waals surface area contributed by atoms with Crippen molar-refractivity contribution in [2.75, 3.05) is 32.7 Å². The number of amides is 1. The molecule has 0 aliphatic carbocycles. The number of hydrogen-bond donors (Lipinski definition) is 1. The number of aromatic nitrogens is 3. The van der Waals surface area contributed by atoms with Gasteiger partial charge in [0.1, 0.15) is 6.10 Å². The number of carboxylic acid groups (broad SMARTS) is 1. The van der Waals surface area contributed by atoms with Crippen LogP contribution < -0.4 is 0 Å². The van der Waals surface area contributed by atoms with E-state index in [-0.39, 0.29) is 24.5 Å². The van der Waals surface area contributed by atoms with E-state index in [2.05, 4.69) is 15.0 Å². The van der Waals surface area contributed by atoms with E-state index in [1.54, 1.807) is 16.9 Å².